The molecule has 0 saturated heterocycles. The number of unbranched alkanes of at least 4 members (excludes halogenated alkanes) is 10. The monoisotopic (exact) mass is 352 g/mol. The Morgan fingerprint density at radius 2 is 1.30 bits per heavy atom. The second-order valence-corrected chi connectivity index (χ2v) is 6.09. The van der Waals surface area contributed by atoms with Gasteiger partial charge in [0.1, 0.15) is 6.04 Å². The quantitative estimate of drug-likeness (QED) is 0.222. The third-order valence-electron chi connectivity index (χ3n) is 3.99. The summed E-state index contributed by atoms with van der Waals surface area (Å²) in [6, 6.07) is -0.429. The van der Waals surface area contributed by atoms with Gasteiger partial charge in [0.05, 0.1) is 0 Å². The van der Waals surface area contributed by atoms with Gasteiger partial charge in [0.25, 0.3) is 0 Å². The molecule has 0 aliphatic carbocycles. The first-order valence-electron chi connectivity index (χ1n) is 9.03. The van der Waals surface area contributed by atoms with Crippen LogP contribution in [0.5, 0.6) is 0 Å². The molecule has 0 spiro atoms. The summed E-state index contributed by atoms with van der Waals surface area (Å²) in [6.45, 7) is 3.92. The molecule has 1 radical (unpaired) electrons. The van der Waals surface area contributed by atoms with E-state index in [-0.39, 0.29) is 51.4 Å². The third kappa shape index (κ3) is 17.4. The Hall–Kier alpha value is 0.736. The maximum atomic E-state index is 11.5. The van der Waals surface area contributed by atoms with Crippen molar-refractivity contribution in [3.8, 4) is 0 Å². The number of ether oxygens (including phenoxy) is 1. The normalized spacial score (nSPS) is 11.6. The molecule has 1 unspecified atom stereocenters. The zero-order valence-electron chi connectivity index (χ0n) is 15.8. The first-order chi connectivity index (χ1) is 10.6. The summed E-state index contributed by atoms with van der Waals surface area (Å²) < 4.78 is 4.75. The smallest absolute Gasteiger partial charge is 0.330 e. The summed E-state index contributed by atoms with van der Waals surface area (Å²) >= 11 is 0. The van der Waals surface area contributed by atoms with Crippen LogP contribution < -0.4 is 5.32 Å². The Kier molecular flexibility index (Phi) is 21.5. The maximum Gasteiger partial charge on any atom is 0.330 e. The summed E-state index contributed by atoms with van der Waals surface area (Å²) in [6.07, 6.45) is 14.0. The third-order valence-corrected chi connectivity index (χ3v) is 3.99. The fraction of sp³-hybridized carbons (Fsp3) is 0.889. The topological polar surface area (TPSA) is 55.4 Å². The molecule has 1 atom stereocenters. The van der Waals surface area contributed by atoms with Crippen molar-refractivity contribution in [3.05, 3.63) is 0 Å². The molecular formula is C18H35KNO3. The van der Waals surface area contributed by atoms with E-state index in [1.165, 1.54) is 57.8 Å². The molecule has 0 heterocycles. The van der Waals surface area contributed by atoms with Crippen LogP contribution in [0.15, 0.2) is 0 Å². The van der Waals surface area contributed by atoms with E-state index in [0.717, 1.165) is 12.8 Å². The van der Waals surface area contributed by atoms with Crippen LogP contribution in [-0.4, -0.2) is 76.4 Å². The summed E-state index contributed by atoms with van der Waals surface area (Å²) in [4.78, 5) is 22.8. The molecule has 1 N–H and O–H groups in total. The van der Waals surface area contributed by atoms with E-state index in [2.05, 4.69) is 12.2 Å². The molecule has 0 bridgehead atoms. The molecular weight excluding hydrogens is 317 g/mol. The number of esters is 2. The van der Waals surface area contributed by atoms with E-state index in [9.17, 15) is 9.59 Å². The second-order valence-electron chi connectivity index (χ2n) is 6.09. The molecule has 5 heteroatoms. The van der Waals surface area contributed by atoms with Crippen LogP contribution >= 0.6 is 0 Å². The fourth-order valence-electron chi connectivity index (χ4n) is 2.30. The van der Waals surface area contributed by atoms with E-state index >= 15 is 0 Å². The molecule has 0 aromatic carbocycles. The van der Waals surface area contributed by atoms with Gasteiger partial charge in [0.2, 0.25) is 0 Å². The first-order valence-corrected chi connectivity index (χ1v) is 9.03. The predicted octanol–water partition coefficient (Wildman–Crippen LogP) is 3.98. The molecule has 0 aliphatic rings. The largest absolute Gasteiger partial charge is 0.392 e. The minimum absolute atomic E-state index is 0. The van der Waals surface area contributed by atoms with Crippen LogP contribution in [-0.2, 0) is 14.3 Å². The van der Waals surface area contributed by atoms with Crippen molar-refractivity contribution < 1.29 is 14.3 Å². The van der Waals surface area contributed by atoms with Gasteiger partial charge >= 0.3 is 11.9 Å². The Morgan fingerprint density at radius 3 is 1.74 bits per heavy atom. The van der Waals surface area contributed by atoms with Gasteiger partial charge in [-0.05, 0) is 20.4 Å². The molecule has 0 saturated carbocycles. The number of carbonyl (C=O) groups is 2. The van der Waals surface area contributed by atoms with Crippen LogP contribution in [0, 0.1) is 0 Å². The number of carbonyl (C=O) groups excluding carboxylic acids is 2. The fourth-order valence-corrected chi connectivity index (χ4v) is 2.30. The van der Waals surface area contributed by atoms with Gasteiger partial charge in [-0.1, -0.05) is 71.1 Å². The van der Waals surface area contributed by atoms with Gasteiger partial charge in [0.15, 0.2) is 0 Å². The second kappa shape index (κ2) is 19.1. The minimum Gasteiger partial charge on any atom is -0.392 e. The molecule has 131 valence electrons. The molecule has 23 heavy (non-hydrogen) atoms. The van der Waals surface area contributed by atoms with Gasteiger partial charge in [-0.2, -0.15) is 0 Å². The average Bonchev–Trinajstić information content (AvgIpc) is 2.51. The number of hydrogen-bond acceptors (Lipinski definition) is 4. The van der Waals surface area contributed by atoms with Gasteiger partial charge < -0.3 is 10.1 Å². The first kappa shape index (κ1) is 26.0. The Labute approximate surface area is 185 Å². The van der Waals surface area contributed by atoms with Crippen LogP contribution in [0.1, 0.15) is 90.9 Å². The Balaban J connectivity index is 0. The van der Waals surface area contributed by atoms with Crippen LogP contribution in [0.25, 0.3) is 0 Å². The molecule has 0 rings (SSSR count). The SMILES string of the molecule is CCCCCCCCCCCCCC(=O)OC(=O)C(C)NC.[K]. The van der Waals surface area contributed by atoms with E-state index in [0.29, 0.717) is 6.42 Å². The molecule has 0 aromatic heterocycles. The van der Waals surface area contributed by atoms with E-state index < -0.39 is 18.0 Å². The Bertz CT molecular complexity index is 298. The zero-order valence-corrected chi connectivity index (χ0v) is 18.9. The van der Waals surface area contributed by atoms with Crippen LogP contribution in [0.3, 0.4) is 0 Å². The average molecular weight is 353 g/mol. The van der Waals surface area contributed by atoms with Crippen molar-refractivity contribution in [2.45, 2.75) is 96.9 Å². The number of nitrogens with one attached hydrogen (secondary N) is 1. The van der Waals surface area contributed by atoms with Gasteiger partial charge in [-0.15, -0.1) is 0 Å². The van der Waals surface area contributed by atoms with Crippen LogP contribution in [0.4, 0.5) is 0 Å². The van der Waals surface area contributed by atoms with Crippen molar-refractivity contribution in [2.75, 3.05) is 7.05 Å². The van der Waals surface area contributed by atoms with Gasteiger partial charge in [-0.3, -0.25) is 4.79 Å². The molecule has 4 nitrogen and oxygen atoms in total. The van der Waals surface area contributed by atoms with Crippen molar-refractivity contribution in [2.24, 2.45) is 0 Å². The van der Waals surface area contributed by atoms with Crippen molar-refractivity contribution in [1.29, 1.82) is 0 Å². The predicted molar refractivity (Wildman–Crippen MR) is 96.5 cm³/mol. The molecule has 0 fully saturated rings. The summed E-state index contributed by atoms with van der Waals surface area (Å²) in [5.74, 6) is -0.890. The minimum atomic E-state index is -0.490. The van der Waals surface area contributed by atoms with E-state index in [4.69, 9.17) is 4.74 Å². The number of rotatable bonds is 14. The van der Waals surface area contributed by atoms with Gasteiger partial charge in [0, 0.05) is 57.8 Å². The number of hydrogen-bond donors (Lipinski definition) is 1. The molecule has 0 amide bonds. The summed E-state index contributed by atoms with van der Waals surface area (Å²) in [5, 5.41) is 2.76. The summed E-state index contributed by atoms with van der Waals surface area (Å²) in [7, 11) is 1.67. The molecule has 0 aliphatic heterocycles. The van der Waals surface area contributed by atoms with E-state index in [1.54, 1.807) is 14.0 Å². The van der Waals surface area contributed by atoms with Crippen molar-refractivity contribution in [3.63, 3.8) is 0 Å². The van der Waals surface area contributed by atoms with Crippen molar-refractivity contribution in [1.82, 2.24) is 5.32 Å². The van der Waals surface area contributed by atoms with Crippen molar-refractivity contribution >= 4 is 63.3 Å². The number of likely N-dealkylation sites (N-methyl/N-ethyl adjacent to an activating group) is 1. The van der Waals surface area contributed by atoms with E-state index in [1.807, 2.05) is 0 Å². The standard InChI is InChI=1S/C18H35NO3.K/c1-4-5-6-7-8-9-10-11-12-13-14-15-17(20)22-18(21)16(2)19-3;/h16,19H,4-15H2,1-3H3;. The van der Waals surface area contributed by atoms with Gasteiger partial charge in [-0.25, -0.2) is 4.79 Å². The molecule has 0 aromatic rings. The summed E-state index contributed by atoms with van der Waals surface area (Å²) in [5.41, 5.74) is 0. The maximum absolute atomic E-state index is 11.5. The Morgan fingerprint density at radius 1 is 0.870 bits per heavy atom. The van der Waals surface area contributed by atoms with Crippen LogP contribution in [0.2, 0.25) is 0 Å². The zero-order chi connectivity index (χ0) is 16.6.